The van der Waals surface area contributed by atoms with Crippen LogP contribution in [0.25, 0.3) is 5.52 Å². The maximum Gasteiger partial charge on any atom is 0.341 e. The van der Waals surface area contributed by atoms with Crippen LogP contribution in [0.5, 0.6) is 0 Å². The quantitative estimate of drug-likeness (QED) is 0.491. The summed E-state index contributed by atoms with van der Waals surface area (Å²) in [4.78, 5) is 29.8. The molecule has 3 heterocycles. The number of thiophene rings is 1. The number of aromatic nitrogens is 2. The molecule has 0 atom stereocenters. The molecule has 6 nitrogen and oxygen atoms in total. The van der Waals surface area contributed by atoms with Crippen molar-refractivity contribution in [3.63, 3.8) is 0 Å². The third kappa shape index (κ3) is 4.08. The molecular weight excluding hydrogens is 370 g/mol. The molecule has 1 amide bonds. The number of esters is 1. The molecule has 1 N–H and O–H groups in total. The van der Waals surface area contributed by atoms with Gasteiger partial charge in [0.15, 0.2) is 5.16 Å². The van der Waals surface area contributed by atoms with Crippen LogP contribution >= 0.6 is 23.1 Å². The summed E-state index contributed by atoms with van der Waals surface area (Å²) in [6.45, 7) is 4.06. The number of nitrogens with one attached hydrogen (secondary N) is 1. The lowest BCUT2D eigenvalue weighted by Gasteiger charge is -2.06. The van der Waals surface area contributed by atoms with Crippen molar-refractivity contribution in [2.45, 2.75) is 25.4 Å². The number of carbonyl (C=O) groups is 2. The van der Waals surface area contributed by atoms with Crippen molar-refractivity contribution >= 4 is 45.5 Å². The first-order chi connectivity index (χ1) is 12.6. The monoisotopic (exact) mass is 389 g/mol. The van der Waals surface area contributed by atoms with Gasteiger partial charge in [0.1, 0.15) is 5.00 Å². The number of nitrogens with zero attached hydrogens (tertiary/aromatic N) is 2. The summed E-state index contributed by atoms with van der Waals surface area (Å²) in [5, 5.41) is 4.13. The minimum Gasteiger partial charge on any atom is -0.462 e. The molecular formula is C18H19N3O3S2. The Labute approximate surface area is 159 Å². The van der Waals surface area contributed by atoms with Gasteiger partial charge in [-0.3, -0.25) is 9.20 Å². The lowest BCUT2D eigenvalue weighted by molar-refractivity contribution is -0.113. The van der Waals surface area contributed by atoms with Gasteiger partial charge in [0.25, 0.3) is 0 Å². The number of rotatable bonds is 7. The fraction of sp³-hybridized carbons (Fsp3) is 0.278. The van der Waals surface area contributed by atoms with Crippen molar-refractivity contribution < 1.29 is 14.3 Å². The van der Waals surface area contributed by atoms with E-state index in [-0.39, 0.29) is 11.7 Å². The SMILES string of the molecule is CCOC(=O)c1cc(CC)sc1NC(=O)CSc1ncc2ccccn12. The molecule has 136 valence electrons. The number of ether oxygens (including phenoxy) is 1. The van der Waals surface area contributed by atoms with Gasteiger partial charge in [-0.2, -0.15) is 0 Å². The highest BCUT2D eigenvalue weighted by Gasteiger charge is 2.19. The van der Waals surface area contributed by atoms with E-state index < -0.39 is 5.97 Å². The predicted octanol–water partition coefficient (Wildman–Crippen LogP) is 3.87. The number of aryl methyl sites for hydroxylation is 1. The number of hydrogen-bond acceptors (Lipinski definition) is 6. The Bertz CT molecular complexity index is 933. The fourth-order valence-corrected chi connectivity index (χ4v) is 4.15. The summed E-state index contributed by atoms with van der Waals surface area (Å²) in [5.74, 6) is -0.390. The molecule has 3 aromatic rings. The molecule has 0 saturated heterocycles. The maximum atomic E-state index is 12.4. The average Bonchev–Trinajstić information content (AvgIpc) is 3.24. The second-order valence-corrected chi connectivity index (χ2v) is 7.48. The topological polar surface area (TPSA) is 72.7 Å². The summed E-state index contributed by atoms with van der Waals surface area (Å²) in [6.07, 6.45) is 4.47. The zero-order chi connectivity index (χ0) is 18.5. The highest BCUT2D eigenvalue weighted by molar-refractivity contribution is 7.99. The number of thioether (sulfide) groups is 1. The number of carbonyl (C=O) groups excluding carboxylic acids is 2. The predicted molar refractivity (Wildman–Crippen MR) is 104 cm³/mol. The second-order valence-electron chi connectivity index (χ2n) is 5.40. The van der Waals surface area contributed by atoms with Crippen LogP contribution in [0.3, 0.4) is 0 Å². The molecule has 8 heteroatoms. The molecule has 0 saturated carbocycles. The lowest BCUT2D eigenvalue weighted by Crippen LogP contribution is -2.16. The van der Waals surface area contributed by atoms with Crippen LogP contribution in [0.15, 0.2) is 41.8 Å². The van der Waals surface area contributed by atoms with E-state index in [9.17, 15) is 9.59 Å². The first-order valence-corrected chi connectivity index (χ1v) is 10.1. The van der Waals surface area contributed by atoms with Crippen LogP contribution in [-0.2, 0) is 16.0 Å². The minimum atomic E-state index is -0.411. The van der Waals surface area contributed by atoms with Gasteiger partial charge in [-0.15, -0.1) is 11.3 Å². The van der Waals surface area contributed by atoms with E-state index in [4.69, 9.17) is 4.74 Å². The van der Waals surface area contributed by atoms with Crippen molar-refractivity contribution in [1.82, 2.24) is 9.38 Å². The minimum absolute atomic E-state index is 0.183. The highest BCUT2D eigenvalue weighted by atomic mass is 32.2. The Morgan fingerprint density at radius 2 is 2.19 bits per heavy atom. The van der Waals surface area contributed by atoms with Crippen LogP contribution in [0, 0.1) is 0 Å². The molecule has 3 aromatic heterocycles. The second kappa shape index (κ2) is 8.37. The molecule has 3 rings (SSSR count). The van der Waals surface area contributed by atoms with Gasteiger partial charge in [-0.05, 0) is 31.5 Å². The van der Waals surface area contributed by atoms with Gasteiger partial charge in [0.2, 0.25) is 5.91 Å². The smallest absolute Gasteiger partial charge is 0.341 e. The standard InChI is InChI=1S/C18H19N3O3S2/c1-3-13-9-14(17(23)24-4-2)16(26-13)20-15(22)11-25-18-19-10-12-7-5-6-8-21(12)18/h5-10H,3-4,11H2,1-2H3,(H,20,22). The van der Waals surface area contributed by atoms with E-state index in [2.05, 4.69) is 10.3 Å². The van der Waals surface area contributed by atoms with Crippen molar-refractivity contribution in [3.05, 3.63) is 47.1 Å². The van der Waals surface area contributed by atoms with Gasteiger partial charge in [-0.25, -0.2) is 9.78 Å². The Balaban J connectivity index is 1.68. The summed E-state index contributed by atoms with van der Waals surface area (Å²) in [5.41, 5.74) is 1.39. The van der Waals surface area contributed by atoms with Crippen LogP contribution in [0.1, 0.15) is 29.1 Å². The molecule has 0 spiro atoms. The highest BCUT2D eigenvalue weighted by Crippen LogP contribution is 2.30. The Hall–Kier alpha value is -2.32. The molecule has 0 bridgehead atoms. The van der Waals surface area contributed by atoms with E-state index in [1.54, 1.807) is 19.2 Å². The number of fused-ring (bicyclic) bond motifs is 1. The van der Waals surface area contributed by atoms with E-state index in [0.29, 0.717) is 17.2 Å². The van der Waals surface area contributed by atoms with Gasteiger partial charge in [-0.1, -0.05) is 24.8 Å². The first-order valence-electron chi connectivity index (χ1n) is 8.27. The zero-order valence-corrected chi connectivity index (χ0v) is 16.2. The Kier molecular flexibility index (Phi) is 5.95. The molecule has 26 heavy (non-hydrogen) atoms. The largest absolute Gasteiger partial charge is 0.462 e. The summed E-state index contributed by atoms with van der Waals surface area (Å²) >= 11 is 2.75. The van der Waals surface area contributed by atoms with E-state index in [0.717, 1.165) is 22.0 Å². The van der Waals surface area contributed by atoms with E-state index in [1.165, 1.54) is 23.1 Å². The number of anilines is 1. The molecule has 0 aromatic carbocycles. The lowest BCUT2D eigenvalue weighted by atomic mass is 10.2. The van der Waals surface area contributed by atoms with Crippen LogP contribution in [0.2, 0.25) is 0 Å². The first kappa shape index (κ1) is 18.5. The van der Waals surface area contributed by atoms with Gasteiger partial charge in [0.05, 0.1) is 29.6 Å². The number of hydrogen-bond donors (Lipinski definition) is 1. The molecule has 0 aliphatic rings. The molecule has 0 aliphatic heterocycles. The normalized spacial score (nSPS) is 10.8. The molecule has 0 fully saturated rings. The van der Waals surface area contributed by atoms with Crippen molar-refractivity contribution in [2.75, 3.05) is 17.7 Å². The van der Waals surface area contributed by atoms with Crippen molar-refractivity contribution in [2.24, 2.45) is 0 Å². The van der Waals surface area contributed by atoms with Gasteiger partial charge in [0, 0.05) is 11.1 Å². The molecule has 0 unspecified atom stereocenters. The Morgan fingerprint density at radius 3 is 2.96 bits per heavy atom. The maximum absolute atomic E-state index is 12.4. The van der Waals surface area contributed by atoms with Crippen molar-refractivity contribution in [1.29, 1.82) is 0 Å². The zero-order valence-electron chi connectivity index (χ0n) is 14.5. The van der Waals surface area contributed by atoms with Gasteiger partial charge < -0.3 is 10.1 Å². The van der Waals surface area contributed by atoms with Crippen LogP contribution < -0.4 is 5.32 Å². The van der Waals surface area contributed by atoms with Crippen LogP contribution in [0.4, 0.5) is 5.00 Å². The summed E-state index contributed by atoms with van der Waals surface area (Å²) < 4.78 is 7.01. The Morgan fingerprint density at radius 1 is 1.35 bits per heavy atom. The van der Waals surface area contributed by atoms with Gasteiger partial charge >= 0.3 is 5.97 Å². The third-order valence-electron chi connectivity index (χ3n) is 3.62. The van der Waals surface area contributed by atoms with Crippen molar-refractivity contribution in [3.8, 4) is 0 Å². The summed E-state index contributed by atoms with van der Waals surface area (Å²) in [7, 11) is 0. The molecule has 0 aliphatic carbocycles. The number of amides is 1. The van der Waals surface area contributed by atoms with E-state index in [1.807, 2.05) is 35.7 Å². The van der Waals surface area contributed by atoms with Crippen LogP contribution in [-0.4, -0.2) is 33.6 Å². The number of imidazole rings is 1. The number of pyridine rings is 1. The third-order valence-corrected chi connectivity index (χ3v) is 5.78. The molecule has 0 radical (unpaired) electrons. The summed E-state index contributed by atoms with van der Waals surface area (Å²) in [6, 6.07) is 7.60. The fourth-order valence-electron chi connectivity index (χ4n) is 2.39. The average molecular weight is 390 g/mol. The van der Waals surface area contributed by atoms with E-state index >= 15 is 0 Å².